The van der Waals surface area contributed by atoms with Crippen molar-refractivity contribution in [3.63, 3.8) is 0 Å². The van der Waals surface area contributed by atoms with Gasteiger partial charge in [-0.2, -0.15) is 4.72 Å². The van der Waals surface area contributed by atoms with E-state index in [1.807, 2.05) is 4.72 Å². The SMILES string of the molecule is CC(O)C(NS(=O)(=O)c1cncc(Br)c1)C(=O)O. The topological polar surface area (TPSA) is 117 Å². The highest BCUT2D eigenvalue weighted by atomic mass is 79.9. The van der Waals surface area contributed by atoms with Crippen molar-refractivity contribution in [3.8, 4) is 0 Å². The third-order valence-corrected chi connectivity index (χ3v) is 3.86. The lowest BCUT2D eigenvalue weighted by molar-refractivity contribution is -0.141. The van der Waals surface area contributed by atoms with E-state index in [0.717, 1.165) is 6.20 Å². The Balaban J connectivity index is 3.05. The molecule has 1 aromatic heterocycles. The van der Waals surface area contributed by atoms with Gasteiger partial charge in [-0.3, -0.25) is 9.78 Å². The zero-order chi connectivity index (χ0) is 13.9. The molecule has 0 spiro atoms. The Morgan fingerprint density at radius 3 is 2.56 bits per heavy atom. The summed E-state index contributed by atoms with van der Waals surface area (Å²) in [6.07, 6.45) is 1.11. The van der Waals surface area contributed by atoms with E-state index >= 15 is 0 Å². The molecule has 18 heavy (non-hydrogen) atoms. The van der Waals surface area contributed by atoms with E-state index in [9.17, 15) is 18.3 Å². The number of aliphatic hydroxyl groups is 1. The molecule has 0 aliphatic rings. The molecule has 0 aliphatic heterocycles. The molecular formula is C9H11BrN2O5S. The molecule has 9 heteroatoms. The number of hydrogen-bond donors (Lipinski definition) is 3. The van der Waals surface area contributed by atoms with Crippen molar-refractivity contribution in [2.75, 3.05) is 0 Å². The second-order valence-electron chi connectivity index (χ2n) is 3.52. The molecule has 0 bridgehead atoms. The molecule has 0 radical (unpaired) electrons. The number of nitrogens with zero attached hydrogens (tertiary/aromatic N) is 1. The van der Waals surface area contributed by atoms with Crippen LogP contribution in [-0.2, 0) is 14.8 Å². The zero-order valence-corrected chi connectivity index (χ0v) is 11.6. The predicted octanol–water partition coefficient (Wildman–Crippen LogP) is -0.0436. The van der Waals surface area contributed by atoms with Crippen LogP contribution < -0.4 is 4.72 Å². The number of nitrogens with one attached hydrogen (secondary N) is 1. The molecule has 1 heterocycles. The van der Waals surface area contributed by atoms with E-state index in [1.165, 1.54) is 19.2 Å². The molecular weight excluding hydrogens is 328 g/mol. The van der Waals surface area contributed by atoms with Crippen LogP contribution in [-0.4, -0.2) is 41.7 Å². The van der Waals surface area contributed by atoms with Crippen molar-refractivity contribution >= 4 is 31.9 Å². The first-order chi connectivity index (χ1) is 8.24. The molecule has 1 aromatic rings. The molecule has 0 aromatic carbocycles. The summed E-state index contributed by atoms with van der Waals surface area (Å²) >= 11 is 3.06. The van der Waals surface area contributed by atoms with Crippen LogP contribution in [0.3, 0.4) is 0 Å². The van der Waals surface area contributed by atoms with Crippen molar-refractivity contribution in [1.29, 1.82) is 0 Å². The number of carbonyl (C=O) groups is 1. The van der Waals surface area contributed by atoms with Gasteiger partial charge in [-0.25, -0.2) is 8.42 Å². The van der Waals surface area contributed by atoms with E-state index in [-0.39, 0.29) is 4.90 Å². The highest BCUT2D eigenvalue weighted by Crippen LogP contribution is 2.14. The number of sulfonamides is 1. The van der Waals surface area contributed by atoms with Gasteiger partial charge in [0.2, 0.25) is 10.0 Å². The van der Waals surface area contributed by atoms with Gasteiger partial charge in [-0.05, 0) is 28.9 Å². The lowest BCUT2D eigenvalue weighted by Gasteiger charge is -2.16. The molecule has 2 atom stereocenters. The predicted molar refractivity (Wildman–Crippen MR) is 65.4 cm³/mol. The second kappa shape index (κ2) is 5.74. The van der Waals surface area contributed by atoms with Crippen molar-refractivity contribution in [2.24, 2.45) is 0 Å². The van der Waals surface area contributed by atoms with E-state index in [4.69, 9.17) is 5.11 Å². The minimum Gasteiger partial charge on any atom is -0.480 e. The van der Waals surface area contributed by atoms with Crippen LogP contribution in [0.2, 0.25) is 0 Å². The van der Waals surface area contributed by atoms with E-state index < -0.39 is 28.1 Å². The van der Waals surface area contributed by atoms with Gasteiger partial charge in [0, 0.05) is 16.9 Å². The van der Waals surface area contributed by atoms with Crippen molar-refractivity contribution in [1.82, 2.24) is 9.71 Å². The van der Waals surface area contributed by atoms with Crippen LogP contribution in [0.5, 0.6) is 0 Å². The van der Waals surface area contributed by atoms with Gasteiger partial charge in [-0.1, -0.05) is 0 Å². The fourth-order valence-corrected chi connectivity index (χ4v) is 2.90. The number of rotatable bonds is 5. The third kappa shape index (κ3) is 3.73. The standard InChI is InChI=1S/C9H11BrN2O5S/c1-5(13)8(9(14)15)12-18(16,17)7-2-6(10)3-11-4-7/h2-5,8,12-13H,1H3,(H,14,15). The number of hydrogen-bond acceptors (Lipinski definition) is 5. The number of carboxylic acid groups (broad SMARTS) is 1. The third-order valence-electron chi connectivity index (χ3n) is 2.02. The minimum absolute atomic E-state index is 0.191. The number of carboxylic acids is 1. The number of pyridine rings is 1. The molecule has 0 aliphatic carbocycles. The molecule has 100 valence electrons. The summed E-state index contributed by atoms with van der Waals surface area (Å²) in [6.45, 7) is 1.18. The Hall–Kier alpha value is -1.03. The van der Waals surface area contributed by atoms with E-state index in [0.29, 0.717) is 4.47 Å². The molecule has 7 nitrogen and oxygen atoms in total. The van der Waals surface area contributed by atoms with E-state index in [2.05, 4.69) is 20.9 Å². The summed E-state index contributed by atoms with van der Waals surface area (Å²) in [7, 11) is -4.06. The van der Waals surface area contributed by atoms with Crippen molar-refractivity contribution in [2.45, 2.75) is 24.0 Å². The van der Waals surface area contributed by atoms with Crippen LogP contribution in [0.15, 0.2) is 27.8 Å². The number of aliphatic carboxylic acids is 1. The highest BCUT2D eigenvalue weighted by molar-refractivity contribution is 9.10. The van der Waals surface area contributed by atoms with Gasteiger partial charge >= 0.3 is 5.97 Å². The smallest absolute Gasteiger partial charge is 0.324 e. The average molecular weight is 339 g/mol. The Labute approximate surface area is 112 Å². The molecule has 0 amide bonds. The van der Waals surface area contributed by atoms with Gasteiger partial charge < -0.3 is 10.2 Å². The van der Waals surface area contributed by atoms with Gasteiger partial charge in [-0.15, -0.1) is 0 Å². The fraction of sp³-hybridized carbons (Fsp3) is 0.333. The summed E-state index contributed by atoms with van der Waals surface area (Å²) < 4.78 is 26.1. The molecule has 0 saturated heterocycles. The summed E-state index contributed by atoms with van der Waals surface area (Å²) in [6, 6.07) is -0.343. The lowest BCUT2D eigenvalue weighted by Crippen LogP contribution is -2.47. The minimum atomic E-state index is -4.06. The van der Waals surface area contributed by atoms with Crippen molar-refractivity contribution < 1.29 is 23.4 Å². The van der Waals surface area contributed by atoms with E-state index in [1.54, 1.807) is 0 Å². The first-order valence-corrected chi connectivity index (χ1v) is 7.05. The summed E-state index contributed by atoms with van der Waals surface area (Å²) in [5.41, 5.74) is 0. The van der Waals surface area contributed by atoms with Gasteiger partial charge in [0.15, 0.2) is 0 Å². The molecule has 0 saturated carbocycles. The largest absolute Gasteiger partial charge is 0.480 e. The Bertz CT molecular complexity index is 546. The van der Waals surface area contributed by atoms with Crippen LogP contribution in [0, 0.1) is 0 Å². The first-order valence-electron chi connectivity index (χ1n) is 4.78. The maximum absolute atomic E-state index is 11.9. The fourth-order valence-electron chi connectivity index (χ4n) is 1.13. The highest BCUT2D eigenvalue weighted by Gasteiger charge is 2.29. The number of aromatic nitrogens is 1. The molecule has 2 unspecified atom stereocenters. The normalized spacial score (nSPS) is 15.1. The molecule has 0 fully saturated rings. The monoisotopic (exact) mass is 338 g/mol. The Morgan fingerprint density at radius 2 is 2.11 bits per heavy atom. The zero-order valence-electron chi connectivity index (χ0n) is 9.24. The second-order valence-corrected chi connectivity index (χ2v) is 6.15. The maximum atomic E-state index is 11.9. The molecule has 3 N–H and O–H groups in total. The van der Waals surface area contributed by atoms with Gasteiger partial charge in [0.1, 0.15) is 10.9 Å². The Kier molecular flexibility index (Phi) is 4.79. The van der Waals surface area contributed by atoms with Crippen LogP contribution in [0.4, 0.5) is 0 Å². The summed E-state index contributed by atoms with van der Waals surface area (Å²) in [4.78, 5) is 14.3. The average Bonchev–Trinajstić information content (AvgIpc) is 2.25. The van der Waals surface area contributed by atoms with Crippen LogP contribution in [0.25, 0.3) is 0 Å². The van der Waals surface area contributed by atoms with Crippen LogP contribution >= 0.6 is 15.9 Å². The first kappa shape index (κ1) is 15.0. The Morgan fingerprint density at radius 1 is 1.50 bits per heavy atom. The summed E-state index contributed by atoms with van der Waals surface area (Å²) in [5.74, 6) is -1.46. The van der Waals surface area contributed by atoms with Crippen LogP contribution in [0.1, 0.15) is 6.92 Å². The van der Waals surface area contributed by atoms with Gasteiger partial charge in [0.25, 0.3) is 0 Å². The van der Waals surface area contributed by atoms with Crippen molar-refractivity contribution in [3.05, 3.63) is 22.9 Å². The maximum Gasteiger partial charge on any atom is 0.324 e. The summed E-state index contributed by atoms with van der Waals surface area (Å²) in [5, 5.41) is 18.0. The molecule has 1 rings (SSSR count). The number of halogens is 1. The quantitative estimate of drug-likeness (QED) is 0.693. The number of aliphatic hydroxyl groups excluding tert-OH is 1. The van der Waals surface area contributed by atoms with Gasteiger partial charge in [0.05, 0.1) is 6.10 Å². The lowest BCUT2D eigenvalue weighted by atomic mass is 10.2.